The number of aliphatic hydroxyl groups is 3. The highest BCUT2D eigenvalue weighted by atomic mass is 16.6. The molecule has 0 aromatic rings. The van der Waals surface area contributed by atoms with Gasteiger partial charge in [0.1, 0.15) is 37.0 Å². The second kappa shape index (κ2) is 25.7. The first kappa shape index (κ1) is 52.7. The van der Waals surface area contributed by atoms with Gasteiger partial charge in [-0.1, -0.05) is 70.6 Å². The fourth-order valence-corrected chi connectivity index (χ4v) is 9.64. The van der Waals surface area contributed by atoms with E-state index in [1.165, 1.54) is 0 Å². The first-order chi connectivity index (χ1) is 29.9. The van der Waals surface area contributed by atoms with E-state index in [0.29, 0.717) is 63.5 Å². The zero-order valence-corrected chi connectivity index (χ0v) is 39.4. The van der Waals surface area contributed by atoms with E-state index in [4.69, 9.17) is 23.7 Å². The third-order valence-electron chi connectivity index (χ3n) is 14.1. The van der Waals surface area contributed by atoms with E-state index in [1.54, 1.807) is 34.1 Å². The van der Waals surface area contributed by atoms with Gasteiger partial charge >= 0.3 is 5.97 Å². The number of fused-ring (bicyclic) bond motifs is 3. The quantitative estimate of drug-likeness (QED) is 0.195. The maximum atomic E-state index is 14.1. The molecule has 3 fully saturated rings. The van der Waals surface area contributed by atoms with Crippen molar-refractivity contribution < 1.29 is 58.2 Å². The molecule has 0 amide bonds. The highest BCUT2D eigenvalue weighted by molar-refractivity contribution is 5.87. The number of carbonyl (C=O) groups is 4. The van der Waals surface area contributed by atoms with Gasteiger partial charge in [-0.15, -0.1) is 0 Å². The lowest BCUT2D eigenvalue weighted by Crippen LogP contribution is -2.55. The molecule has 2 bridgehead atoms. The summed E-state index contributed by atoms with van der Waals surface area (Å²) in [5.74, 6) is -3.90. The van der Waals surface area contributed by atoms with Gasteiger partial charge in [0.15, 0.2) is 0 Å². The summed E-state index contributed by atoms with van der Waals surface area (Å²) in [6.07, 6.45) is 15.2. The van der Waals surface area contributed by atoms with Crippen LogP contribution in [0.2, 0.25) is 0 Å². The van der Waals surface area contributed by atoms with Gasteiger partial charge in [0.2, 0.25) is 11.6 Å². The SMILES string of the molecule is CO[C@H]1C[C@@H]2CC[C@@H](C)[C@@](O)(O2)C(=O)COCN2CCCC[C@H]2C(=O)O[C@H]([C@H](C)C[C@@H]2CC[C@@H](O)[C@H](OC)C2)CC(=O)C/C=C(\C)[C@@H](O)CC(=O)[C@H](C)C[C@H](C)/C=C/C=C/C=C/1C. The molecule has 0 unspecified atom stereocenters. The summed E-state index contributed by atoms with van der Waals surface area (Å²) in [6, 6.07) is -0.656. The Morgan fingerprint density at radius 2 is 1.65 bits per heavy atom. The fraction of sp³-hybridized carbons (Fsp3) is 0.760. The van der Waals surface area contributed by atoms with Gasteiger partial charge in [-0.3, -0.25) is 24.1 Å². The fourth-order valence-electron chi connectivity index (χ4n) is 9.64. The van der Waals surface area contributed by atoms with E-state index in [2.05, 4.69) is 0 Å². The number of esters is 1. The summed E-state index contributed by atoms with van der Waals surface area (Å²) in [4.78, 5) is 56.5. The standard InChI is InChI=1S/C50H79NO12/c1-32-14-10-9-11-15-34(3)45(59-7)28-40-21-18-37(6)50(58,63-40)48(56)30-61-31-51-23-13-12-16-41(51)49(57)62-46(36(5)25-38-19-22-42(53)47(26-38)60-8)27-39(52)20-17-33(2)43(54)29-44(55)35(4)24-32/h9-11,14-15,17,32,35-38,40-43,45-47,53-54,58H,12-13,16,18-31H2,1-8H3/b11-9+,14-10+,33-17+,34-15+/t32-,35-,36-,37-,38+,40+,41+,42-,43+,45+,46+,47-,50-/m1/s1. The highest BCUT2D eigenvalue weighted by Crippen LogP contribution is 2.37. The predicted octanol–water partition coefficient (Wildman–Crippen LogP) is 6.76. The summed E-state index contributed by atoms with van der Waals surface area (Å²) in [5.41, 5.74) is 1.50. The Kier molecular flexibility index (Phi) is 21.5. The van der Waals surface area contributed by atoms with E-state index in [0.717, 1.165) is 24.8 Å². The number of allylic oxidation sites excluding steroid dienone is 6. The number of ketones is 3. The minimum atomic E-state index is -2.04. The van der Waals surface area contributed by atoms with E-state index in [-0.39, 0.29) is 73.4 Å². The van der Waals surface area contributed by atoms with Crippen LogP contribution in [0.1, 0.15) is 131 Å². The van der Waals surface area contributed by atoms with Crippen molar-refractivity contribution in [1.82, 2.24) is 4.90 Å². The van der Waals surface area contributed by atoms with E-state index >= 15 is 0 Å². The first-order valence-electron chi connectivity index (χ1n) is 23.6. The van der Waals surface area contributed by atoms with Crippen LogP contribution in [0.25, 0.3) is 0 Å². The average Bonchev–Trinajstić information content (AvgIpc) is 3.25. The van der Waals surface area contributed by atoms with Crippen molar-refractivity contribution in [3.63, 3.8) is 0 Å². The van der Waals surface area contributed by atoms with Crippen LogP contribution in [0.3, 0.4) is 0 Å². The number of rotatable bonds is 5. The number of hydrogen-bond donors (Lipinski definition) is 3. The predicted molar refractivity (Wildman–Crippen MR) is 240 cm³/mol. The van der Waals surface area contributed by atoms with Crippen LogP contribution in [-0.4, -0.2) is 126 Å². The number of cyclic esters (lactones) is 1. The van der Waals surface area contributed by atoms with Gasteiger partial charge in [0, 0.05) is 58.3 Å². The van der Waals surface area contributed by atoms with Gasteiger partial charge in [0.25, 0.3) is 0 Å². The number of aliphatic hydroxyl groups excluding tert-OH is 2. The molecule has 63 heavy (non-hydrogen) atoms. The van der Waals surface area contributed by atoms with Crippen LogP contribution in [0, 0.1) is 29.6 Å². The number of ether oxygens (including phenoxy) is 5. The molecule has 3 N–H and O–H groups in total. The summed E-state index contributed by atoms with van der Waals surface area (Å²) < 4.78 is 29.8. The average molecular weight is 886 g/mol. The smallest absolute Gasteiger partial charge is 0.323 e. The molecule has 13 heteroatoms. The number of carbonyl (C=O) groups excluding carboxylic acids is 4. The van der Waals surface area contributed by atoms with Crippen LogP contribution >= 0.6 is 0 Å². The Morgan fingerprint density at radius 3 is 2.38 bits per heavy atom. The molecule has 0 aromatic carbocycles. The van der Waals surface area contributed by atoms with Gasteiger partial charge in [-0.2, -0.15) is 0 Å². The molecule has 0 aromatic heterocycles. The van der Waals surface area contributed by atoms with Gasteiger partial charge in [-0.05, 0) is 101 Å². The maximum Gasteiger partial charge on any atom is 0.323 e. The molecule has 356 valence electrons. The van der Waals surface area contributed by atoms with Crippen LogP contribution in [-0.2, 0) is 42.9 Å². The lowest BCUT2D eigenvalue weighted by Gasteiger charge is -2.41. The topological polar surface area (TPSA) is 178 Å². The summed E-state index contributed by atoms with van der Waals surface area (Å²) >= 11 is 0. The third kappa shape index (κ3) is 15.9. The largest absolute Gasteiger partial charge is 0.460 e. The number of methoxy groups -OCH3 is 2. The molecule has 4 aliphatic rings. The summed E-state index contributed by atoms with van der Waals surface area (Å²) in [6.45, 7) is 11.5. The second-order valence-corrected chi connectivity index (χ2v) is 19.2. The molecule has 1 saturated carbocycles. The van der Waals surface area contributed by atoms with Crippen LogP contribution in [0.4, 0.5) is 0 Å². The van der Waals surface area contributed by atoms with Crippen LogP contribution in [0.15, 0.2) is 47.6 Å². The molecule has 4 rings (SSSR count). The molecule has 2 saturated heterocycles. The van der Waals surface area contributed by atoms with E-state index in [1.807, 2.05) is 63.0 Å². The lowest BCUT2D eigenvalue weighted by molar-refractivity contribution is -0.268. The Balaban J connectivity index is 1.56. The van der Waals surface area contributed by atoms with E-state index < -0.39 is 60.5 Å². The minimum Gasteiger partial charge on any atom is -0.460 e. The van der Waals surface area contributed by atoms with Crippen molar-refractivity contribution >= 4 is 23.3 Å². The van der Waals surface area contributed by atoms with Crippen molar-refractivity contribution in [3.05, 3.63) is 47.6 Å². The number of hydrogen-bond acceptors (Lipinski definition) is 13. The molecule has 1 aliphatic carbocycles. The Bertz CT molecular complexity index is 1620. The second-order valence-electron chi connectivity index (χ2n) is 19.2. The van der Waals surface area contributed by atoms with Gasteiger partial charge in [-0.25, -0.2) is 0 Å². The first-order valence-corrected chi connectivity index (χ1v) is 23.6. The zero-order chi connectivity index (χ0) is 46.3. The van der Waals surface area contributed by atoms with Crippen molar-refractivity contribution in [1.29, 1.82) is 0 Å². The van der Waals surface area contributed by atoms with Crippen molar-refractivity contribution in [2.75, 3.05) is 34.1 Å². The van der Waals surface area contributed by atoms with Crippen molar-refractivity contribution in [2.24, 2.45) is 29.6 Å². The van der Waals surface area contributed by atoms with Crippen LogP contribution in [0.5, 0.6) is 0 Å². The monoisotopic (exact) mass is 886 g/mol. The molecule has 13 nitrogen and oxygen atoms in total. The number of piperidine rings is 1. The molecular weight excluding hydrogens is 807 g/mol. The zero-order valence-electron chi connectivity index (χ0n) is 39.4. The molecule has 3 heterocycles. The minimum absolute atomic E-state index is 0.0117. The summed E-state index contributed by atoms with van der Waals surface area (Å²) in [7, 11) is 3.22. The number of Topliss-reactive ketones (excluding diaryl/α,β-unsaturated/α-hetero) is 3. The van der Waals surface area contributed by atoms with Gasteiger partial charge in [0.05, 0.1) is 30.5 Å². The van der Waals surface area contributed by atoms with Crippen molar-refractivity contribution in [3.8, 4) is 0 Å². The molecule has 3 aliphatic heterocycles. The normalized spacial score (nSPS) is 39.6. The molecular formula is C50H79NO12. The Hall–Kier alpha value is -2.88. The molecule has 0 radical (unpaired) electrons. The summed E-state index contributed by atoms with van der Waals surface area (Å²) in [5, 5.41) is 33.1. The van der Waals surface area contributed by atoms with Crippen LogP contribution < -0.4 is 0 Å². The van der Waals surface area contributed by atoms with Crippen molar-refractivity contribution in [2.45, 2.75) is 180 Å². The highest BCUT2D eigenvalue weighted by Gasteiger charge is 2.48. The van der Waals surface area contributed by atoms with E-state index in [9.17, 15) is 34.5 Å². The molecule has 13 atom stereocenters. The lowest BCUT2D eigenvalue weighted by atomic mass is 9.78. The Morgan fingerprint density at radius 1 is 0.889 bits per heavy atom. The number of nitrogens with zero attached hydrogens (tertiary/aromatic N) is 1. The maximum absolute atomic E-state index is 14.1. The third-order valence-corrected chi connectivity index (χ3v) is 14.1. The molecule has 0 spiro atoms. The van der Waals surface area contributed by atoms with Gasteiger partial charge < -0.3 is 39.0 Å². The Labute approximate surface area is 376 Å².